The lowest BCUT2D eigenvalue weighted by Gasteiger charge is -2.33. The van der Waals surface area contributed by atoms with Crippen molar-refractivity contribution in [2.75, 3.05) is 7.11 Å². The van der Waals surface area contributed by atoms with E-state index < -0.39 is 0 Å². The van der Waals surface area contributed by atoms with E-state index in [9.17, 15) is 0 Å². The fraction of sp³-hybridized carbons (Fsp3) is 0.857. The molecule has 0 fully saturated rings. The Balaban J connectivity index is 2.55. The molecule has 94 valence electrons. The molecule has 0 spiro atoms. The highest BCUT2D eigenvalue weighted by molar-refractivity contribution is 6.21. The van der Waals surface area contributed by atoms with Crippen molar-refractivity contribution in [3.05, 3.63) is 11.6 Å². The molecule has 2 heteroatoms. The van der Waals surface area contributed by atoms with Crippen LogP contribution in [0.2, 0.25) is 0 Å². The van der Waals surface area contributed by atoms with Crippen LogP contribution in [0.4, 0.5) is 0 Å². The second-order valence-electron chi connectivity index (χ2n) is 6.35. The number of alkyl halides is 1. The van der Waals surface area contributed by atoms with Gasteiger partial charge in [-0.05, 0) is 44.9 Å². The Bertz CT molecular complexity index is 266. The van der Waals surface area contributed by atoms with Crippen molar-refractivity contribution in [1.82, 2.24) is 0 Å². The van der Waals surface area contributed by atoms with Crippen molar-refractivity contribution >= 4 is 11.6 Å². The van der Waals surface area contributed by atoms with E-state index in [1.807, 2.05) is 0 Å². The summed E-state index contributed by atoms with van der Waals surface area (Å²) in [6.45, 7) is 8.88. The molecule has 1 unspecified atom stereocenters. The van der Waals surface area contributed by atoms with Crippen molar-refractivity contribution in [3.63, 3.8) is 0 Å². The third-order valence-corrected chi connectivity index (χ3v) is 3.75. The highest BCUT2D eigenvalue weighted by Crippen LogP contribution is 2.39. The maximum atomic E-state index is 6.27. The van der Waals surface area contributed by atoms with Crippen LogP contribution in [0.25, 0.3) is 0 Å². The van der Waals surface area contributed by atoms with Gasteiger partial charge >= 0.3 is 0 Å². The van der Waals surface area contributed by atoms with Crippen molar-refractivity contribution in [2.45, 2.75) is 64.4 Å². The first kappa shape index (κ1) is 14.1. The molecule has 0 aliphatic heterocycles. The normalized spacial score (nSPS) is 25.4. The van der Waals surface area contributed by atoms with Crippen LogP contribution in [0.15, 0.2) is 11.6 Å². The van der Waals surface area contributed by atoms with E-state index in [2.05, 4.69) is 33.8 Å². The van der Waals surface area contributed by atoms with Gasteiger partial charge in [0.2, 0.25) is 0 Å². The van der Waals surface area contributed by atoms with E-state index in [4.69, 9.17) is 16.3 Å². The zero-order valence-corrected chi connectivity index (χ0v) is 12.0. The summed E-state index contributed by atoms with van der Waals surface area (Å²) in [5, 5.41) is 0.212. The number of halogens is 1. The van der Waals surface area contributed by atoms with Gasteiger partial charge in [0.05, 0.1) is 11.0 Å². The lowest BCUT2D eigenvalue weighted by Crippen LogP contribution is -2.25. The van der Waals surface area contributed by atoms with Crippen LogP contribution < -0.4 is 0 Å². The van der Waals surface area contributed by atoms with Gasteiger partial charge in [0.1, 0.15) is 0 Å². The van der Waals surface area contributed by atoms with E-state index in [0.29, 0.717) is 5.41 Å². The van der Waals surface area contributed by atoms with Crippen molar-refractivity contribution in [3.8, 4) is 0 Å². The number of hydrogen-bond donors (Lipinski definition) is 0. The number of rotatable bonds is 4. The topological polar surface area (TPSA) is 9.23 Å². The summed E-state index contributed by atoms with van der Waals surface area (Å²) in [5.41, 5.74) is 1.83. The number of hydrogen-bond acceptors (Lipinski definition) is 1. The van der Waals surface area contributed by atoms with Crippen LogP contribution >= 0.6 is 11.6 Å². The summed E-state index contributed by atoms with van der Waals surface area (Å²) in [4.78, 5) is 0. The highest BCUT2D eigenvalue weighted by Gasteiger charge is 2.28. The molecule has 16 heavy (non-hydrogen) atoms. The predicted molar refractivity (Wildman–Crippen MR) is 71.1 cm³/mol. The van der Waals surface area contributed by atoms with Gasteiger partial charge < -0.3 is 4.74 Å². The quantitative estimate of drug-likeness (QED) is 0.521. The molecule has 0 radical (unpaired) electrons. The van der Waals surface area contributed by atoms with E-state index in [1.165, 1.54) is 12.0 Å². The van der Waals surface area contributed by atoms with Gasteiger partial charge in [-0.3, -0.25) is 0 Å². The molecule has 1 aliphatic carbocycles. The molecule has 0 saturated carbocycles. The van der Waals surface area contributed by atoms with Gasteiger partial charge in [-0.1, -0.05) is 25.5 Å². The fourth-order valence-electron chi connectivity index (χ4n) is 2.32. The second-order valence-corrected chi connectivity index (χ2v) is 6.91. The summed E-state index contributed by atoms with van der Waals surface area (Å²) in [6.07, 6.45) is 6.68. The molecule has 0 N–H and O–H groups in total. The molecule has 1 atom stereocenters. The first-order valence-electron chi connectivity index (χ1n) is 6.13. The Morgan fingerprint density at radius 2 is 2.12 bits per heavy atom. The lowest BCUT2D eigenvalue weighted by molar-refractivity contribution is 0.0153. The summed E-state index contributed by atoms with van der Waals surface area (Å²) >= 11 is 6.27. The minimum absolute atomic E-state index is 0.0236. The Kier molecular flexibility index (Phi) is 4.48. The number of methoxy groups -OCH3 is 1. The monoisotopic (exact) mass is 244 g/mol. The molecule has 0 heterocycles. The van der Waals surface area contributed by atoms with Gasteiger partial charge in [-0.25, -0.2) is 0 Å². The van der Waals surface area contributed by atoms with E-state index in [-0.39, 0.29) is 11.0 Å². The van der Waals surface area contributed by atoms with Crippen molar-refractivity contribution in [1.29, 1.82) is 0 Å². The Morgan fingerprint density at radius 1 is 1.50 bits per heavy atom. The fourth-order valence-corrected chi connectivity index (χ4v) is 2.92. The number of ether oxygens (including phenoxy) is 1. The molecule has 1 rings (SSSR count). The zero-order valence-electron chi connectivity index (χ0n) is 11.3. The molecule has 0 aromatic rings. The Morgan fingerprint density at radius 3 is 2.62 bits per heavy atom. The maximum absolute atomic E-state index is 6.27. The Hall–Kier alpha value is -0.0100. The molecular weight excluding hydrogens is 220 g/mol. The zero-order chi connectivity index (χ0) is 12.4. The van der Waals surface area contributed by atoms with Crippen LogP contribution in [-0.2, 0) is 4.74 Å². The Labute approximate surface area is 105 Å². The molecule has 0 aromatic carbocycles. The van der Waals surface area contributed by atoms with Crippen LogP contribution in [-0.4, -0.2) is 18.1 Å². The molecule has 0 saturated heterocycles. The van der Waals surface area contributed by atoms with E-state index >= 15 is 0 Å². The third-order valence-electron chi connectivity index (χ3n) is 3.47. The van der Waals surface area contributed by atoms with E-state index in [1.54, 1.807) is 7.11 Å². The summed E-state index contributed by atoms with van der Waals surface area (Å²) in [5.74, 6) is 0. The average Bonchev–Trinajstić information content (AvgIpc) is 2.12. The summed E-state index contributed by atoms with van der Waals surface area (Å²) in [7, 11) is 1.78. The molecule has 0 amide bonds. The second kappa shape index (κ2) is 5.10. The minimum Gasteiger partial charge on any atom is -0.379 e. The molecule has 1 aliphatic rings. The highest BCUT2D eigenvalue weighted by atomic mass is 35.5. The average molecular weight is 245 g/mol. The van der Waals surface area contributed by atoms with Gasteiger partial charge in [0.15, 0.2) is 0 Å². The molecular formula is C14H25ClO. The SMILES string of the molecule is COC(C)(C)CCC1=CC(Cl)CC(C)(C)C1. The standard InChI is InChI=1S/C14H25ClO/c1-13(2)9-11(8-12(15)10-13)6-7-14(3,4)16-5/h8,12H,6-7,9-10H2,1-5H3. The first-order chi connectivity index (χ1) is 7.24. The minimum atomic E-state index is -0.0236. The molecule has 0 aromatic heterocycles. The predicted octanol–water partition coefficient (Wildman–Crippen LogP) is 4.55. The third kappa shape index (κ3) is 4.47. The van der Waals surface area contributed by atoms with Crippen molar-refractivity contribution < 1.29 is 4.74 Å². The lowest BCUT2D eigenvalue weighted by atomic mass is 9.75. The van der Waals surface area contributed by atoms with Gasteiger partial charge in [-0.2, -0.15) is 0 Å². The van der Waals surface area contributed by atoms with Gasteiger partial charge in [0, 0.05) is 7.11 Å². The van der Waals surface area contributed by atoms with Crippen molar-refractivity contribution in [2.24, 2.45) is 5.41 Å². The smallest absolute Gasteiger partial charge is 0.0625 e. The van der Waals surface area contributed by atoms with Gasteiger partial charge in [-0.15, -0.1) is 11.6 Å². The van der Waals surface area contributed by atoms with Crippen LogP contribution in [0, 0.1) is 5.41 Å². The largest absolute Gasteiger partial charge is 0.379 e. The number of allylic oxidation sites excluding steroid dienone is 2. The molecule has 0 bridgehead atoms. The van der Waals surface area contributed by atoms with Crippen LogP contribution in [0.1, 0.15) is 53.4 Å². The van der Waals surface area contributed by atoms with Gasteiger partial charge in [0.25, 0.3) is 0 Å². The summed E-state index contributed by atoms with van der Waals surface area (Å²) < 4.78 is 5.45. The maximum Gasteiger partial charge on any atom is 0.0625 e. The summed E-state index contributed by atoms with van der Waals surface area (Å²) in [6, 6.07) is 0. The van der Waals surface area contributed by atoms with Crippen LogP contribution in [0.3, 0.4) is 0 Å². The van der Waals surface area contributed by atoms with E-state index in [0.717, 1.165) is 19.3 Å². The first-order valence-corrected chi connectivity index (χ1v) is 6.57. The van der Waals surface area contributed by atoms with Crippen LogP contribution in [0.5, 0.6) is 0 Å². The molecule has 1 nitrogen and oxygen atoms in total.